The minimum Gasteiger partial charge on any atom is -0.298 e. The Balaban J connectivity index is 2.10. The lowest BCUT2D eigenvalue weighted by atomic mass is 10.2. The van der Waals surface area contributed by atoms with Gasteiger partial charge in [0, 0.05) is 6.20 Å². The number of alkyl halides is 3. The van der Waals surface area contributed by atoms with Gasteiger partial charge in [0.2, 0.25) is 0 Å². The number of nitrogens with zero attached hydrogens (tertiary/aromatic N) is 1. The Kier molecular flexibility index (Phi) is 4.32. The Bertz CT molecular complexity index is 644. The molecule has 2 N–H and O–H groups in total. The number of aromatic nitrogens is 1. The molecular weight excluding hydrogens is 307 g/mol. The summed E-state index contributed by atoms with van der Waals surface area (Å²) < 4.78 is 38.3. The predicted octanol–water partition coefficient (Wildman–Crippen LogP) is 3.51. The number of carbonyl (C=O) groups excluding carboxylic acids is 1. The van der Waals surface area contributed by atoms with E-state index in [0.717, 1.165) is 6.07 Å². The first-order valence-electron chi connectivity index (χ1n) is 5.72. The van der Waals surface area contributed by atoms with Crippen molar-refractivity contribution in [2.75, 3.05) is 5.43 Å². The molecular formula is C13H9ClF3N3O. The fourth-order valence-electron chi connectivity index (χ4n) is 1.55. The molecule has 0 fully saturated rings. The highest BCUT2D eigenvalue weighted by molar-refractivity contribution is 6.29. The lowest BCUT2D eigenvalue weighted by Crippen LogP contribution is -2.30. The number of pyridine rings is 1. The molecule has 0 radical (unpaired) electrons. The summed E-state index contributed by atoms with van der Waals surface area (Å²) in [7, 11) is 0. The number of nitrogens with one attached hydrogen (secondary N) is 2. The van der Waals surface area contributed by atoms with E-state index in [2.05, 4.69) is 15.8 Å². The van der Waals surface area contributed by atoms with E-state index in [1.807, 2.05) is 0 Å². The molecule has 0 saturated heterocycles. The first-order chi connectivity index (χ1) is 9.88. The van der Waals surface area contributed by atoms with Gasteiger partial charge in [-0.2, -0.15) is 13.2 Å². The van der Waals surface area contributed by atoms with Crippen LogP contribution in [0.4, 0.5) is 18.9 Å². The van der Waals surface area contributed by atoms with Crippen molar-refractivity contribution >= 4 is 23.2 Å². The molecule has 0 aliphatic rings. The van der Waals surface area contributed by atoms with E-state index in [-0.39, 0.29) is 16.4 Å². The normalized spacial score (nSPS) is 11.0. The second kappa shape index (κ2) is 6.01. The lowest BCUT2D eigenvalue weighted by Gasteiger charge is -2.14. The monoisotopic (exact) mass is 315 g/mol. The van der Waals surface area contributed by atoms with Crippen molar-refractivity contribution in [2.45, 2.75) is 6.18 Å². The van der Waals surface area contributed by atoms with Gasteiger partial charge in [0.1, 0.15) is 5.15 Å². The number of amides is 1. The summed E-state index contributed by atoms with van der Waals surface area (Å²) in [5, 5.41) is 0.210. The van der Waals surface area contributed by atoms with Crippen LogP contribution >= 0.6 is 11.6 Å². The van der Waals surface area contributed by atoms with E-state index < -0.39 is 17.6 Å². The van der Waals surface area contributed by atoms with Gasteiger partial charge in [0.05, 0.1) is 16.8 Å². The summed E-state index contributed by atoms with van der Waals surface area (Å²) in [4.78, 5) is 15.5. The van der Waals surface area contributed by atoms with Crippen LogP contribution in [0.1, 0.15) is 15.9 Å². The highest BCUT2D eigenvalue weighted by atomic mass is 35.5. The average Bonchev–Trinajstić information content (AvgIpc) is 2.45. The maximum Gasteiger partial charge on any atom is 0.418 e. The maximum atomic E-state index is 12.8. The summed E-state index contributed by atoms with van der Waals surface area (Å²) in [6.45, 7) is 0. The quantitative estimate of drug-likeness (QED) is 0.673. The van der Waals surface area contributed by atoms with Crippen LogP contribution in [0, 0.1) is 0 Å². The molecule has 0 atom stereocenters. The van der Waals surface area contributed by atoms with Crippen LogP contribution in [0.3, 0.4) is 0 Å². The van der Waals surface area contributed by atoms with Crippen LogP contribution in [-0.2, 0) is 6.18 Å². The zero-order chi connectivity index (χ0) is 15.5. The Morgan fingerprint density at radius 2 is 1.86 bits per heavy atom. The van der Waals surface area contributed by atoms with Crippen LogP contribution in [0.2, 0.25) is 5.15 Å². The van der Waals surface area contributed by atoms with Crippen molar-refractivity contribution < 1.29 is 18.0 Å². The summed E-state index contributed by atoms with van der Waals surface area (Å²) in [6.07, 6.45) is -3.30. The van der Waals surface area contributed by atoms with Crippen LogP contribution in [-0.4, -0.2) is 10.9 Å². The molecule has 4 nitrogen and oxygen atoms in total. The Labute approximate surface area is 122 Å². The number of hydrazine groups is 1. The second-order valence-corrected chi connectivity index (χ2v) is 4.38. The number of benzene rings is 1. The van der Waals surface area contributed by atoms with Gasteiger partial charge in [-0.25, -0.2) is 4.98 Å². The summed E-state index contributed by atoms with van der Waals surface area (Å²) >= 11 is 5.58. The van der Waals surface area contributed by atoms with Crippen LogP contribution < -0.4 is 10.9 Å². The molecule has 8 heteroatoms. The molecule has 21 heavy (non-hydrogen) atoms. The van der Waals surface area contributed by atoms with Crippen LogP contribution in [0.15, 0.2) is 42.6 Å². The molecule has 0 aliphatic heterocycles. The molecule has 0 saturated carbocycles. The van der Waals surface area contributed by atoms with E-state index >= 15 is 0 Å². The molecule has 0 bridgehead atoms. The van der Waals surface area contributed by atoms with E-state index in [1.165, 1.54) is 36.5 Å². The van der Waals surface area contributed by atoms with Crippen molar-refractivity contribution in [3.63, 3.8) is 0 Å². The number of para-hydroxylation sites is 1. The first kappa shape index (κ1) is 15.1. The molecule has 2 aromatic rings. The number of anilines is 1. The molecule has 1 aromatic carbocycles. The van der Waals surface area contributed by atoms with Gasteiger partial charge in [-0.15, -0.1) is 0 Å². The predicted molar refractivity (Wildman–Crippen MR) is 71.8 cm³/mol. The van der Waals surface area contributed by atoms with Gasteiger partial charge < -0.3 is 0 Å². The molecule has 1 aromatic heterocycles. The summed E-state index contributed by atoms with van der Waals surface area (Å²) in [5.41, 5.74) is 3.47. The molecule has 0 aliphatic carbocycles. The first-order valence-corrected chi connectivity index (χ1v) is 6.10. The average molecular weight is 316 g/mol. The van der Waals surface area contributed by atoms with E-state index in [0.29, 0.717) is 0 Å². The molecule has 0 unspecified atom stereocenters. The van der Waals surface area contributed by atoms with Crippen molar-refractivity contribution in [1.82, 2.24) is 10.4 Å². The largest absolute Gasteiger partial charge is 0.418 e. The van der Waals surface area contributed by atoms with E-state index in [9.17, 15) is 18.0 Å². The van der Waals surface area contributed by atoms with Crippen LogP contribution in [0.5, 0.6) is 0 Å². The third-order valence-corrected chi connectivity index (χ3v) is 2.76. The molecule has 1 amide bonds. The fourth-order valence-corrected chi connectivity index (χ4v) is 1.66. The highest BCUT2D eigenvalue weighted by Crippen LogP contribution is 2.34. The zero-order valence-corrected chi connectivity index (χ0v) is 11.2. The fraction of sp³-hybridized carbons (Fsp3) is 0.0769. The lowest BCUT2D eigenvalue weighted by molar-refractivity contribution is -0.137. The Hall–Kier alpha value is -2.28. The number of halogens is 4. The third-order valence-electron chi connectivity index (χ3n) is 2.53. The standard InChI is InChI=1S/C13H9ClF3N3O/c14-11-6-5-8(7-18-11)12(21)20-19-10-4-2-1-3-9(10)13(15,16)17/h1-7,19H,(H,20,21). The number of rotatable bonds is 3. The minimum absolute atomic E-state index is 0.163. The Morgan fingerprint density at radius 3 is 2.48 bits per heavy atom. The topological polar surface area (TPSA) is 54.0 Å². The molecule has 2 rings (SSSR count). The third kappa shape index (κ3) is 3.85. The summed E-state index contributed by atoms with van der Waals surface area (Å²) in [5.74, 6) is -0.629. The maximum absolute atomic E-state index is 12.8. The SMILES string of the molecule is O=C(NNc1ccccc1C(F)(F)F)c1ccc(Cl)nc1. The van der Waals surface area contributed by atoms with Crippen molar-refractivity contribution in [1.29, 1.82) is 0 Å². The second-order valence-electron chi connectivity index (χ2n) is 3.99. The van der Waals surface area contributed by atoms with Crippen molar-refractivity contribution in [2.24, 2.45) is 0 Å². The van der Waals surface area contributed by atoms with Gasteiger partial charge in [-0.3, -0.25) is 15.6 Å². The smallest absolute Gasteiger partial charge is 0.298 e. The number of hydrogen-bond donors (Lipinski definition) is 2. The van der Waals surface area contributed by atoms with Crippen molar-refractivity contribution in [3.05, 3.63) is 58.9 Å². The minimum atomic E-state index is -4.52. The number of hydrogen-bond acceptors (Lipinski definition) is 3. The van der Waals surface area contributed by atoms with Gasteiger partial charge in [-0.1, -0.05) is 23.7 Å². The highest BCUT2D eigenvalue weighted by Gasteiger charge is 2.33. The molecule has 1 heterocycles. The van der Waals surface area contributed by atoms with Gasteiger partial charge in [0.25, 0.3) is 5.91 Å². The number of carbonyl (C=O) groups is 1. The summed E-state index contributed by atoms with van der Waals surface area (Å²) in [6, 6.07) is 7.62. The van der Waals surface area contributed by atoms with Gasteiger partial charge in [-0.05, 0) is 24.3 Å². The van der Waals surface area contributed by atoms with Gasteiger partial charge >= 0.3 is 6.18 Å². The van der Waals surface area contributed by atoms with Crippen LogP contribution in [0.25, 0.3) is 0 Å². The van der Waals surface area contributed by atoms with E-state index in [4.69, 9.17) is 11.6 Å². The van der Waals surface area contributed by atoms with E-state index in [1.54, 1.807) is 0 Å². The molecule has 0 spiro atoms. The molecule has 110 valence electrons. The van der Waals surface area contributed by atoms with Crippen molar-refractivity contribution in [3.8, 4) is 0 Å². The van der Waals surface area contributed by atoms with Gasteiger partial charge in [0.15, 0.2) is 0 Å². The Morgan fingerprint density at radius 1 is 1.14 bits per heavy atom. The zero-order valence-electron chi connectivity index (χ0n) is 10.4.